The van der Waals surface area contributed by atoms with Gasteiger partial charge in [-0.3, -0.25) is 0 Å². The second kappa shape index (κ2) is 16.0. The molecule has 8 unspecified atom stereocenters. The van der Waals surface area contributed by atoms with E-state index in [-0.39, 0.29) is 82.6 Å². The summed E-state index contributed by atoms with van der Waals surface area (Å²) in [6.07, 6.45) is 8.75. The van der Waals surface area contributed by atoms with Gasteiger partial charge in [-0.05, 0) is 87.4 Å². The van der Waals surface area contributed by atoms with E-state index in [1.54, 1.807) is 0 Å². The summed E-state index contributed by atoms with van der Waals surface area (Å²) in [7, 11) is 0. The molecule has 56 heavy (non-hydrogen) atoms. The molecule has 4 fully saturated rings. The van der Waals surface area contributed by atoms with Gasteiger partial charge in [-0.15, -0.1) is 0 Å². The number of rotatable bonds is 14. The van der Waals surface area contributed by atoms with Crippen molar-refractivity contribution in [3.05, 3.63) is 97.1 Å². The quantitative estimate of drug-likeness (QED) is 0.0913. The molecule has 3 aromatic carbocycles. The standard InChI is InChI=1S/C42H38O14/c1-21-29(49-21)13-17-33(45)53-39-37(25-5-9-27(43)10-6-25)41(55-35(47)19-15-31-23(3)51-31)42(56-36(48)20-16-32-24(4)52-32)38(26-7-11-28(44)12-8-26)40(39)54-34(46)18-14-30-22(2)50-30/h5-24,29-32,43-44H,1-4H3. The van der Waals surface area contributed by atoms with E-state index in [4.69, 9.17) is 37.9 Å². The van der Waals surface area contributed by atoms with E-state index in [0.717, 1.165) is 24.3 Å². The summed E-state index contributed by atoms with van der Waals surface area (Å²) >= 11 is 0. The molecule has 4 aliphatic heterocycles. The Labute approximate surface area is 321 Å². The fourth-order valence-corrected chi connectivity index (χ4v) is 5.68. The highest BCUT2D eigenvalue weighted by atomic mass is 16.6. The van der Waals surface area contributed by atoms with Crippen LogP contribution in [-0.4, -0.2) is 82.9 Å². The monoisotopic (exact) mass is 766 g/mol. The van der Waals surface area contributed by atoms with Gasteiger partial charge in [-0.25, -0.2) is 19.2 Å². The number of carbonyl (C=O) groups excluding carboxylic acids is 4. The molecular formula is C42H38O14. The Morgan fingerprint density at radius 1 is 0.446 bits per heavy atom. The molecule has 0 spiro atoms. The van der Waals surface area contributed by atoms with Crippen LogP contribution < -0.4 is 18.9 Å². The first-order valence-corrected chi connectivity index (χ1v) is 17.9. The van der Waals surface area contributed by atoms with Crippen LogP contribution in [0.15, 0.2) is 97.1 Å². The molecule has 14 nitrogen and oxygen atoms in total. The van der Waals surface area contributed by atoms with E-state index in [1.165, 1.54) is 72.8 Å². The average molecular weight is 767 g/mol. The first kappa shape index (κ1) is 38.2. The highest BCUT2D eigenvalue weighted by Crippen LogP contribution is 2.57. The number of esters is 4. The third-order valence-electron chi connectivity index (χ3n) is 9.16. The maximum atomic E-state index is 13.6. The minimum atomic E-state index is -0.930. The van der Waals surface area contributed by atoms with E-state index in [0.29, 0.717) is 0 Å². The second-order valence-corrected chi connectivity index (χ2v) is 13.5. The number of phenols is 2. The number of epoxide rings is 4. The third-order valence-corrected chi connectivity index (χ3v) is 9.16. The summed E-state index contributed by atoms with van der Waals surface area (Å²) in [5.41, 5.74) is 0.0240. The van der Waals surface area contributed by atoms with Crippen molar-refractivity contribution in [3.63, 3.8) is 0 Å². The van der Waals surface area contributed by atoms with Crippen molar-refractivity contribution in [3.8, 4) is 56.8 Å². The largest absolute Gasteiger partial charge is 0.508 e. The Morgan fingerprint density at radius 3 is 0.857 bits per heavy atom. The maximum absolute atomic E-state index is 13.6. The molecule has 2 N–H and O–H groups in total. The lowest BCUT2D eigenvalue weighted by atomic mass is 9.94. The summed E-state index contributed by atoms with van der Waals surface area (Å²) in [5.74, 6) is -5.65. The Morgan fingerprint density at radius 2 is 0.661 bits per heavy atom. The zero-order valence-corrected chi connectivity index (χ0v) is 30.6. The Balaban J connectivity index is 1.48. The summed E-state index contributed by atoms with van der Waals surface area (Å²) in [6, 6.07) is 11.0. The minimum Gasteiger partial charge on any atom is -0.508 e. The van der Waals surface area contributed by atoms with Crippen LogP contribution in [0.4, 0.5) is 0 Å². The molecule has 0 amide bonds. The number of benzene rings is 3. The van der Waals surface area contributed by atoms with Crippen LogP contribution in [0.1, 0.15) is 27.7 Å². The van der Waals surface area contributed by atoms with Crippen LogP contribution in [0, 0.1) is 0 Å². The minimum absolute atomic E-state index is 0.116. The van der Waals surface area contributed by atoms with Crippen molar-refractivity contribution < 1.29 is 67.3 Å². The molecule has 3 aromatic rings. The van der Waals surface area contributed by atoms with E-state index >= 15 is 0 Å². The fraction of sp³-hybridized carbons (Fsp3) is 0.286. The summed E-state index contributed by atoms with van der Waals surface area (Å²) in [4.78, 5) is 54.5. The summed E-state index contributed by atoms with van der Waals surface area (Å²) in [5, 5.41) is 20.5. The van der Waals surface area contributed by atoms with Crippen molar-refractivity contribution in [2.45, 2.75) is 76.5 Å². The van der Waals surface area contributed by atoms with Gasteiger partial charge in [0.1, 0.15) is 35.9 Å². The molecule has 4 aliphatic rings. The number of ether oxygens (including phenoxy) is 8. The van der Waals surface area contributed by atoms with Gasteiger partial charge in [0.2, 0.25) is 0 Å². The van der Waals surface area contributed by atoms with Gasteiger partial charge in [-0.2, -0.15) is 0 Å². The number of hydrogen-bond donors (Lipinski definition) is 2. The van der Waals surface area contributed by atoms with Crippen LogP contribution in [0.25, 0.3) is 22.3 Å². The Bertz CT molecular complexity index is 1890. The highest BCUT2D eigenvalue weighted by Gasteiger charge is 2.37. The number of hydrogen-bond acceptors (Lipinski definition) is 14. The molecule has 0 saturated carbocycles. The molecule has 290 valence electrons. The summed E-state index contributed by atoms with van der Waals surface area (Å²) in [6.45, 7) is 7.29. The molecule has 8 atom stereocenters. The zero-order valence-electron chi connectivity index (χ0n) is 30.6. The normalized spacial score (nSPS) is 26.1. The van der Waals surface area contributed by atoms with Crippen LogP contribution in [0.3, 0.4) is 0 Å². The predicted octanol–water partition coefficient (Wildman–Crippen LogP) is 5.43. The average Bonchev–Trinajstić information content (AvgIpc) is 4.06. The molecule has 4 heterocycles. The third kappa shape index (κ3) is 9.41. The topological polar surface area (TPSA) is 196 Å². The molecule has 4 saturated heterocycles. The lowest BCUT2D eigenvalue weighted by molar-refractivity contribution is -0.132. The Hall–Kier alpha value is -6.06. The van der Waals surface area contributed by atoms with Gasteiger partial charge in [0.25, 0.3) is 0 Å². The van der Waals surface area contributed by atoms with Crippen molar-refractivity contribution in [1.82, 2.24) is 0 Å². The smallest absolute Gasteiger partial charge is 0.336 e. The van der Waals surface area contributed by atoms with Crippen LogP contribution in [-0.2, 0) is 38.1 Å². The Kier molecular flexibility index (Phi) is 10.9. The first-order valence-electron chi connectivity index (χ1n) is 17.9. The number of carbonyl (C=O) groups is 4. The predicted molar refractivity (Wildman–Crippen MR) is 197 cm³/mol. The van der Waals surface area contributed by atoms with Crippen molar-refractivity contribution in [1.29, 1.82) is 0 Å². The highest BCUT2D eigenvalue weighted by molar-refractivity contribution is 6.01. The van der Waals surface area contributed by atoms with E-state index in [9.17, 15) is 29.4 Å². The van der Waals surface area contributed by atoms with Crippen molar-refractivity contribution in [2.24, 2.45) is 0 Å². The van der Waals surface area contributed by atoms with E-state index in [1.807, 2.05) is 27.7 Å². The lowest BCUT2D eigenvalue weighted by Gasteiger charge is -2.24. The van der Waals surface area contributed by atoms with Crippen LogP contribution >= 0.6 is 0 Å². The molecule has 0 aliphatic carbocycles. The van der Waals surface area contributed by atoms with Gasteiger partial charge in [-0.1, -0.05) is 24.3 Å². The number of phenolic OH excluding ortho intramolecular Hbond substituents is 2. The molecular weight excluding hydrogens is 728 g/mol. The fourth-order valence-electron chi connectivity index (χ4n) is 5.68. The van der Waals surface area contributed by atoms with Crippen molar-refractivity contribution in [2.75, 3.05) is 0 Å². The summed E-state index contributed by atoms with van der Waals surface area (Å²) < 4.78 is 45.6. The second-order valence-electron chi connectivity index (χ2n) is 13.5. The van der Waals surface area contributed by atoms with Gasteiger partial charge in [0.15, 0.2) is 23.0 Å². The molecule has 0 bridgehead atoms. The van der Waals surface area contributed by atoms with Gasteiger partial charge in [0.05, 0.1) is 35.5 Å². The van der Waals surface area contributed by atoms with Crippen LogP contribution in [0.2, 0.25) is 0 Å². The molecule has 14 heteroatoms. The lowest BCUT2D eigenvalue weighted by Crippen LogP contribution is -2.16. The van der Waals surface area contributed by atoms with Gasteiger partial charge >= 0.3 is 23.9 Å². The van der Waals surface area contributed by atoms with Gasteiger partial charge < -0.3 is 48.1 Å². The van der Waals surface area contributed by atoms with Crippen molar-refractivity contribution >= 4 is 23.9 Å². The molecule has 0 radical (unpaired) electrons. The van der Waals surface area contributed by atoms with Crippen LogP contribution in [0.5, 0.6) is 34.5 Å². The number of aromatic hydroxyl groups is 2. The first-order chi connectivity index (χ1) is 26.8. The maximum Gasteiger partial charge on any atom is 0.336 e. The van der Waals surface area contributed by atoms with E-state index < -0.39 is 46.9 Å². The SMILES string of the molecule is CC1OC1C=CC(=O)Oc1c(OC(=O)C=CC2OC2C)c(-c2ccc(O)cc2)c(OC(=O)C=CC2OC2C)c(OC(=O)C=CC2OC2C)c1-c1ccc(O)cc1. The van der Waals surface area contributed by atoms with E-state index in [2.05, 4.69) is 0 Å². The van der Waals surface area contributed by atoms with Gasteiger partial charge in [0, 0.05) is 24.3 Å². The molecule has 7 rings (SSSR count). The zero-order chi connectivity index (χ0) is 39.7. The molecule has 0 aromatic heterocycles.